The van der Waals surface area contributed by atoms with E-state index in [-0.39, 0.29) is 5.91 Å². The SMILES string of the molecule is O=C(/C=C/c1cccs1)NCC#Cc1cccc(Cl)c1. The maximum Gasteiger partial charge on any atom is 0.244 e. The smallest absolute Gasteiger partial charge is 0.244 e. The molecule has 0 saturated heterocycles. The van der Waals surface area contributed by atoms with Gasteiger partial charge < -0.3 is 5.32 Å². The van der Waals surface area contributed by atoms with Gasteiger partial charge in [0.25, 0.3) is 0 Å². The summed E-state index contributed by atoms with van der Waals surface area (Å²) >= 11 is 7.44. The second-order valence-corrected chi connectivity index (χ2v) is 5.29. The third-order valence-electron chi connectivity index (χ3n) is 2.35. The highest BCUT2D eigenvalue weighted by Crippen LogP contribution is 2.10. The number of nitrogens with one attached hydrogen (secondary N) is 1. The van der Waals surface area contributed by atoms with Gasteiger partial charge in [0, 0.05) is 21.5 Å². The number of rotatable bonds is 3. The summed E-state index contributed by atoms with van der Waals surface area (Å²) in [6.07, 6.45) is 3.29. The van der Waals surface area contributed by atoms with Crippen LogP contribution in [0.25, 0.3) is 6.08 Å². The van der Waals surface area contributed by atoms with Crippen LogP contribution in [0.15, 0.2) is 47.9 Å². The molecule has 1 heterocycles. The van der Waals surface area contributed by atoms with Crippen LogP contribution in [-0.2, 0) is 4.79 Å². The van der Waals surface area contributed by atoms with Gasteiger partial charge in [0.05, 0.1) is 6.54 Å². The molecule has 1 amide bonds. The highest BCUT2D eigenvalue weighted by Gasteiger charge is 1.93. The van der Waals surface area contributed by atoms with Gasteiger partial charge in [0.15, 0.2) is 0 Å². The van der Waals surface area contributed by atoms with Crippen LogP contribution in [0.4, 0.5) is 0 Å². The van der Waals surface area contributed by atoms with E-state index in [0.29, 0.717) is 11.6 Å². The molecule has 0 spiro atoms. The fourth-order valence-electron chi connectivity index (χ4n) is 1.45. The number of carbonyl (C=O) groups is 1. The molecule has 2 nitrogen and oxygen atoms in total. The molecule has 100 valence electrons. The fourth-order valence-corrected chi connectivity index (χ4v) is 2.25. The Labute approximate surface area is 127 Å². The molecule has 2 aromatic rings. The van der Waals surface area contributed by atoms with Crippen molar-refractivity contribution in [1.29, 1.82) is 0 Å². The van der Waals surface area contributed by atoms with Crippen LogP contribution < -0.4 is 5.32 Å². The summed E-state index contributed by atoms with van der Waals surface area (Å²) in [6.45, 7) is 0.306. The molecule has 0 radical (unpaired) electrons. The Balaban J connectivity index is 1.80. The average Bonchev–Trinajstić information content (AvgIpc) is 2.95. The second-order valence-electron chi connectivity index (χ2n) is 3.88. The summed E-state index contributed by atoms with van der Waals surface area (Å²) in [4.78, 5) is 12.6. The maximum atomic E-state index is 11.5. The number of benzene rings is 1. The third kappa shape index (κ3) is 4.93. The van der Waals surface area contributed by atoms with Gasteiger partial charge >= 0.3 is 0 Å². The van der Waals surface area contributed by atoms with Crippen LogP contribution in [-0.4, -0.2) is 12.5 Å². The van der Waals surface area contributed by atoms with Crippen LogP contribution in [0.1, 0.15) is 10.4 Å². The minimum atomic E-state index is -0.154. The average molecular weight is 302 g/mol. The molecule has 0 fully saturated rings. The first-order valence-electron chi connectivity index (χ1n) is 5.98. The number of thiophene rings is 1. The number of halogens is 1. The zero-order valence-electron chi connectivity index (χ0n) is 10.6. The Morgan fingerprint density at radius 1 is 1.35 bits per heavy atom. The van der Waals surface area contributed by atoms with Crippen molar-refractivity contribution in [2.45, 2.75) is 0 Å². The summed E-state index contributed by atoms with van der Waals surface area (Å²) in [5.41, 5.74) is 0.834. The van der Waals surface area contributed by atoms with Crippen molar-refractivity contribution in [3.8, 4) is 11.8 Å². The van der Waals surface area contributed by atoms with Crippen molar-refractivity contribution in [1.82, 2.24) is 5.32 Å². The van der Waals surface area contributed by atoms with Gasteiger partial charge in [0.1, 0.15) is 0 Å². The predicted molar refractivity (Wildman–Crippen MR) is 84.7 cm³/mol. The fraction of sp³-hybridized carbons (Fsp3) is 0.0625. The Kier molecular flexibility index (Phi) is 5.43. The van der Waals surface area contributed by atoms with Crippen LogP contribution in [0.2, 0.25) is 5.02 Å². The normalized spacial score (nSPS) is 10.1. The lowest BCUT2D eigenvalue weighted by Crippen LogP contribution is -2.20. The van der Waals surface area contributed by atoms with Gasteiger partial charge in [0.2, 0.25) is 5.91 Å². The van der Waals surface area contributed by atoms with Gasteiger partial charge in [-0.1, -0.05) is 35.6 Å². The molecule has 1 aromatic carbocycles. The van der Waals surface area contributed by atoms with E-state index < -0.39 is 0 Å². The summed E-state index contributed by atoms with van der Waals surface area (Å²) in [5, 5.41) is 5.32. The lowest BCUT2D eigenvalue weighted by Gasteiger charge is -1.94. The van der Waals surface area contributed by atoms with Gasteiger partial charge in [-0.3, -0.25) is 4.79 Å². The van der Waals surface area contributed by atoms with E-state index in [9.17, 15) is 4.79 Å². The highest BCUT2D eigenvalue weighted by molar-refractivity contribution is 7.10. The largest absolute Gasteiger partial charge is 0.342 e. The highest BCUT2D eigenvalue weighted by atomic mass is 35.5. The van der Waals surface area contributed by atoms with Crippen molar-refractivity contribution in [3.63, 3.8) is 0 Å². The molecule has 0 unspecified atom stereocenters. The summed E-state index contributed by atoms with van der Waals surface area (Å²) in [7, 11) is 0. The molecular weight excluding hydrogens is 290 g/mol. The van der Waals surface area contributed by atoms with E-state index in [0.717, 1.165) is 10.4 Å². The molecule has 0 aliphatic heterocycles. The Bertz CT molecular complexity index is 665. The molecule has 2 rings (SSSR count). The van der Waals surface area contributed by atoms with Gasteiger partial charge in [-0.25, -0.2) is 0 Å². The first-order valence-corrected chi connectivity index (χ1v) is 7.24. The first-order chi connectivity index (χ1) is 9.74. The minimum absolute atomic E-state index is 0.154. The molecule has 0 atom stereocenters. The van der Waals surface area contributed by atoms with Crippen LogP contribution in [0.3, 0.4) is 0 Å². The zero-order valence-corrected chi connectivity index (χ0v) is 12.2. The molecule has 4 heteroatoms. The molecule has 20 heavy (non-hydrogen) atoms. The maximum absolute atomic E-state index is 11.5. The van der Waals surface area contributed by atoms with E-state index in [1.165, 1.54) is 6.08 Å². The summed E-state index contributed by atoms with van der Waals surface area (Å²) in [5.74, 6) is 5.67. The predicted octanol–water partition coefficient (Wildman–Crippen LogP) is 3.58. The quantitative estimate of drug-likeness (QED) is 0.681. The van der Waals surface area contributed by atoms with E-state index in [1.54, 1.807) is 29.5 Å². The molecule has 1 N–H and O–H groups in total. The standard InChI is InChI=1S/C16H12ClNOS/c17-14-6-1-4-13(12-14)5-2-10-18-16(19)9-8-15-7-3-11-20-15/h1,3-4,6-9,11-12H,10H2,(H,18,19)/b9-8+. The molecule has 0 bridgehead atoms. The molecule has 0 aliphatic rings. The summed E-state index contributed by atoms with van der Waals surface area (Å²) < 4.78 is 0. The number of hydrogen-bond acceptors (Lipinski definition) is 2. The topological polar surface area (TPSA) is 29.1 Å². The van der Waals surface area contributed by atoms with Crippen LogP contribution in [0.5, 0.6) is 0 Å². The van der Waals surface area contributed by atoms with Gasteiger partial charge in [-0.05, 0) is 35.7 Å². The summed E-state index contributed by atoms with van der Waals surface area (Å²) in [6, 6.07) is 11.2. The molecule has 1 aromatic heterocycles. The lowest BCUT2D eigenvalue weighted by molar-refractivity contribution is -0.116. The Hall–Kier alpha value is -2.02. The van der Waals surface area contributed by atoms with Crippen molar-refractivity contribution in [3.05, 3.63) is 63.3 Å². The molecule has 0 aliphatic carbocycles. The van der Waals surface area contributed by atoms with Crippen LogP contribution >= 0.6 is 22.9 Å². The second kappa shape index (κ2) is 7.54. The van der Waals surface area contributed by atoms with Crippen molar-refractivity contribution in [2.24, 2.45) is 0 Å². The van der Waals surface area contributed by atoms with E-state index in [4.69, 9.17) is 11.6 Å². The zero-order chi connectivity index (χ0) is 14.2. The van der Waals surface area contributed by atoms with Crippen molar-refractivity contribution < 1.29 is 4.79 Å². The van der Waals surface area contributed by atoms with Gasteiger partial charge in [-0.15, -0.1) is 11.3 Å². The monoisotopic (exact) mass is 301 g/mol. The van der Waals surface area contributed by atoms with Gasteiger partial charge in [-0.2, -0.15) is 0 Å². The number of carbonyl (C=O) groups excluding carboxylic acids is 1. The Morgan fingerprint density at radius 2 is 2.25 bits per heavy atom. The minimum Gasteiger partial charge on any atom is -0.342 e. The number of amides is 1. The van der Waals surface area contributed by atoms with E-state index >= 15 is 0 Å². The van der Waals surface area contributed by atoms with E-state index in [1.807, 2.05) is 29.6 Å². The third-order valence-corrected chi connectivity index (χ3v) is 3.42. The molecule has 0 saturated carbocycles. The first kappa shape index (κ1) is 14.4. The van der Waals surface area contributed by atoms with Crippen molar-refractivity contribution >= 4 is 34.9 Å². The number of hydrogen-bond donors (Lipinski definition) is 1. The van der Waals surface area contributed by atoms with Crippen molar-refractivity contribution in [2.75, 3.05) is 6.54 Å². The lowest BCUT2D eigenvalue weighted by atomic mass is 10.2. The Morgan fingerprint density at radius 3 is 3.00 bits per heavy atom. The molecular formula is C16H12ClNOS. The van der Waals surface area contributed by atoms with E-state index in [2.05, 4.69) is 17.2 Å². The van der Waals surface area contributed by atoms with Crippen LogP contribution in [0, 0.1) is 11.8 Å².